The van der Waals surface area contributed by atoms with E-state index in [1.807, 2.05) is 0 Å². The zero-order valence-electron chi connectivity index (χ0n) is 14.6. The fourth-order valence-electron chi connectivity index (χ4n) is 2.63. The van der Waals surface area contributed by atoms with Crippen LogP contribution < -0.4 is 4.90 Å². The van der Waals surface area contributed by atoms with Gasteiger partial charge in [-0.3, -0.25) is 9.88 Å². The molecule has 10 heteroatoms. The molecule has 2 rings (SSSR count). The van der Waals surface area contributed by atoms with E-state index in [2.05, 4.69) is 4.98 Å². The standard InChI is InChI=1S/C16H20F3N3O4/c1-15(2,3)26-14(25)22-7-6-21(9-12(22)13(23)24)11-8-20-5-4-10(11)16(17,18)19/h4-5,8,12H,6-7,9H2,1-3H3,(H,23,24)/t12-/m0/s1. The van der Waals surface area contributed by atoms with Crippen molar-refractivity contribution in [1.82, 2.24) is 9.88 Å². The molecule has 1 aliphatic heterocycles. The fraction of sp³-hybridized carbons (Fsp3) is 0.562. The molecule has 1 fully saturated rings. The topological polar surface area (TPSA) is 83.0 Å². The number of rotatable bonds is 2. The predicted octanol–water partition coefficient (Wildman–Crippen LogP) is 2.61. The number of aliphatic carboxylic acids is 1. The highest BCUT2D eigenvalue weighted by atomic mass is 19.4. The van der Waals surface area contributed by atoms with Crippen molar-refractivity contribution in [3.63, 3.8) is 0 Å². The molecule has 1 atom stereocenters. The number of hydrogen-bond donors (Lipinski definition) is 1. The molecule has 0 aromatic carbocycles. The summed E-state index contributed by atoms with van der Waals surface area (Å²) in [5, 5.41) is 9.44. The number of halogens is 3. The minimum atomic E-state index is -4.60. The molecule has 0 radical (unpaired) electrons. The highest BCUT2D eigenvalue weighted by molar-refractivity contribution is 5.81. The maximum absolute atomic E-state index is 13.2. The Morgan fingerprint density at radius 1 is 1.27 bits per heavy atom. The molecule has 2 heterocycles. The monoisotopic (exact) mass is 375 g/mol. The Balaban J connectivity index is 2.26. The van der Waals surface area contributed by atoms with Gasteiger partial charge < -0.3 is 14.7 Å². The molecule has 1 N–H and O–H groups in total. The van der Waals surface area contributed by atoms with Crippen molar-refractivity contribution in [3.05, 3.63) is 24.0 Å². The number of hydrogen-bond acceptors (Lipinski definition) is 5. The number of alkyl halides is 3. The van der Waals surface area contributed by atoms with Crippen LogP contribution in [0.5, 0.6) is 0 Å². The van der Waals surface area contributed by atoms with Gasteiger partial charge >= 0.3 is 18.2 Å². The summed E-state index contributed by atoms with van der Waals surface area (Å²) in [6.45, 7) is 4.56. The number of ether oxygens (including phenoxy) is 1. The zero-order chi connectivity index (χ0) is 19.7. The molecule has 1 amide bonds. The van der Waals surface area contributed by atoms with Crippen LogP contribution in [0.1, 0.15) is 26.3 Å². The molecule has 0 unspecified atom stereocenters. The Kier molecular flexibility index (Phi) is 5.33. The van der Waals surface area contributed by atoms with Crippen LogP contribution in [0.2, 0.25) is 0 Å². The van der Waals surface area contributed by atoms with Gasteiger partial charge in [0.1, 0.15) is 11.6 Å². The van der Waals surface area contributed by atoms with Gasteiger partial charge in [-0.15, -0.1) is 0 Å². The number of aromatic nitrogens is 1. The number of amides is 1. The Bertz CT molecular complexity index is 688. The maximum atomic E-state index is 13.2. The molecule has 0 saturated carbocycles. The molecular formula is C16H20F3N3O4. The predicted molar refractivity (Wildman–Crippen MR) is 85.8 cm³/mol. The van der Waals surface area contributed by atoms with Crippen molar-refractivity contribution >= 4 is 17.7 Å². The van der Waals surface area contributed by atoms with Crippen molar-refractivity contribution in [1.29, 1.82) is 0 Å². The minimum Gasteiger partial charge on any atom is -0.480 e. The molecule has 1 aliphatic rings. The number of carbonyl (C=O) groups excluding carboxylic acids is 1. The van der Waals surface area contributed by atoms with Gasteiger partial charge in [-0.05, 0) is 26.8 Å². The van der Waals surface area contributed by atoms with Crippen LogP contribution in [0.15, 0.2) is 18.5 Å². The summed E-state index contributed by atoms with van der Waals surface area (Å²) in [5.41, 5.74) is -1.93. The second kappa shape index (κ2) is 7.00. The molecule has 7 nitrogen and oxygen atoms in total. The van der Waals surface area contributed by atoms with Crippen molar-refractivity contribution in [2.24, 2.45) is 0 Å². The molecule has 0 spiro atoms. The van der Waals surface area contributed by atoms with E-state index >= 15 is 0 Å². The van der Waals surface area contributed by atoms with E-state index in [0.29, 0.717) is 0 Å². The van der Waals surface area contributed by atoms with Gasteiger partial charge in [0, 0.05) is 25.8 Å². The number of carboxylic acids is 1. The first-order valence-corrected chi connectivity index (χ1v) is 7.89. The lowest BCUT2D eigenvalue weighted by molar-refractivity contribution is -0.143. The number of pyridine rings is 1. The third-order valence-electron chi connectivity index (χ3n) is 3.74. The van der Waals surface area contributed by atoms with Crippen molar-refractivity contribution in [3.8, 4) is 0 Å². The smallest absolute Gasteiger partial charge is 0.418 e. The van der Waals surface area contributed by atoms with E-state index in [9.17, 15) is 27.9 Å². The van der Waals surface area contributed by atoms with Crippen LogP contribution in [-0.2, 0) is 15.7 Å². The lowest BCUT2D eigenvalue weighted by Gasteiger charge is -2.41. The third kappa shape index (κ3) is 4.55. The van der Waals surface area contributed by atoms with Crippen LogP contribution in [-0.4, -0.2) is 58.3 Å². The number of carbonyl (C=O) groups is 2. The first-order chi connectivity index (χ1) is 11.9. The summed E-state index contributed by atoms with van der Waals surface area (Å²) in [6.07, 6.45) is -3.34. The molecule has 0 bridgehead atoms. The Labute approximate surface area is 148 Å². The normalized spacial score (nSPS) is 18.6. The first-order valence-electron chi connectivity index (χ1n) is 7.89. The van der Waals surface area contributed by atoms with E-state index in [0.717, 1.165) is 23.4 Å². The summed E-state index contributed by atoms with van der Waals surface area (Å²) in [5.74, 6) is -1.32. The Morgan fingerprint density at radius 3 is 2.46 bits per heavy atom. The Morgan fingerprint density at radius 2 is 1.92 bits per heavy atom. The van der Waals surface area contributed by atoms with E-state index in [1.165, 1.54) is 4.90 Å². The van der Waals surface area contributed by atoms with Crippen molar-refractivity contribution < 1.29 is 32.6 Å². The van der Waals surface area contributed by atoms with Gasteiger partial charge in [0.2, 0.25) is 0 Å². The number of anilines is 1. The van der Waals surface area contributed by atoms with Gasteiger partial charge in [0.05, 0.1) is 17.4 Å². The van der Waals surface area contributed by atoms with Gasteiger partial charge in [-0.2, -0.15) is 13.2 Å². The molecule has 1 saturated heterocycles. The maximum Gasteiger partial charge on any atom is 0.418 e. The molecule has 1 aromatic rings. The van der Waals surface area contributed by atoms with Crippen LogP contribution in [0.3, 0.4) is 0 Å². The summed E-state index contributed by atoms with van der Waals surface area (Å²) >= 11 is 0. The molecule has 1 aromatic heterocycles. The lowest BCUT2D eigenvalue weighted by atomic mass is 10.1. The molecule has 144 valence electrons. The molecule has 26 heavy (non-hydrogen) atoms. The van der Waals surface area contributed by atoms with Crippen LogP contribution >= 0.6 is 0 Å². The minimum absolute atomic E-state index is 0.0256. The second-order valence-corrected chi connectivity index (χ2v) is 6.86. The summed E-state index contributed by atoms with van der Waals surface area (Å²) in [7, 11) is 0. The van der Waals surface area contributed by atoms with Crippen molar-refractivity contribution in [2.45, 2.75) is 38.6 Å². The van der Waals surface area contributed by atoms with Gasteiger partial charge in [-0.25, -0.2) is 9.59 Å². The van der Waals surface area contributed by atoms with Gasteiger partial charge in [0.15, 0.2) is 0 Å². The number of piperazine rings is 1. The van der Waals surface area contributed by atoms with E-state index in [1.54, 1.807) is 20.8 Å². The highest BCUT2D eigenvalue weighted by Crippen LogP contribution is 2.36. The summed E-state index contributed by atoms with van der Waals surface area (Å²) in [6, 6.07) is -0.495. The largest absolute Gasteiger partial charge is 0.480 e. The average molecular weight is 375 g/mol. The zero-order valence-corrected chi connectivity index (χ0v) is 14.6. The number of carboxylic acid groups (broad SMARTS) is 1. The second-order valence-electron chi connectivity index (χ2n) is 6.86. The van der Waals surface area contributed by atoms with Gasteiger partial charge in [0.25, 0.3) is 0 Å². The highest BCUT2D eigenvalue weighted by Gasteiger charge is 2.41. The first kappa shape index (κ1) is 19.8. The number of nitrogens with zero attached hydrogens (tertiary/aromatic N) is 3. The SMILES string of the molecule is CC(C)(C)OC(=O)N1CCN(c2cnccc2C(F)(F)F)C[C@H]1C(=O)O. The van der Waals surface area contributed by atoms with Crippen LogP contribution in [0.25, 0.3) is 0 Å². The van der Waals surface area contributed by atoms with Crippen LogP contribution in [0.4, 0.5) is 23.7 Å². The van der Waals surface area contributed by atoms with E-state index in [-0.39, 0.29) is 25.3 Å². The lowest BCUT2D eigenvalue weighted by Crippen LogP contribution is -2.59. The third-order valence-corrected chi connectivity index (χ3v) is 3.74. The quantitative estimate of drug-likeness (QED) is 0.856. The van der Waals surface area contributed by atoms with Gasteiger partial charge in [-0.1, -0.05) is 0 Å². The fourth-order valence-corrected chi connectivity index (χ4v) is 2.63. The Hall–Kier alpha value is -2.52. The van der Waals surface area contributed by atoms with Crippen LogP contribution in [0, 0.1) is 0 Å². The summed E-state index contributed by atoms with van der Waals surface area (Å²) in [4.78, 5) is 29.8. The average Bonchev–Trinajstić information content (AvgIpc) is 2.51. The van der Waals surface area contributed by atoms with E-state index in [4.69, 9.17) is 4.74 Å². The van der Waals surface area contributed by atoms with E-state index < -0.39 is 35.4 Å². The molecule has 0 aliphatic carbocycles. The molecular weight excluding hydrogens is 355 g/mol. The van der Waals surface area contributed by atoms with Crippen molar-refractivity contribution in [2.75, 3.05) is 24.5 Å². The summed E-state index contributed by atoms with van der Waals surface area (Å²) < 4.78 is 44.8.